The lowest BCUT2D eigenvalue weighted by Crippen LogP contribution is -2.43. The molecule has 6 N–H and O–H groups in total. The third kappa shape index (κ3) is 22.3. The second kappa shape index (κ2) is 19.5. The zero-order valence-electron chi connectivity index (χ0n) is 26.9. The van der Waals surface area contributed by atoms with Gasteiger partial charge in [0.25, 0.3) is 0 Å². The second-order valence-corrected chi connectivity index (χ2v) is 17.5. The summed E-state index contributed by atoms with van der Waals surface area (Å²) in [5, 5.41) is 0. The van der Waals surface area contributed by atoms with Crippen molar-refractivity contribution in [3.8, 4) is 0 Å². The van der Waals surface area contributed by atoms with Gasteiger partial charge in [0.15, 0.2) is 0 Å². The third-order valence-corrected chi connectivity index (χ3v) is 8.44. The van der Waals surface area contributed by atoms with Crippen molar-refractivity contribution < 1.29 is 43.6 Å². The minimum atomic E-state index is -3.11. The van der Waals surface area contributed by atoms with Gasteiger partial charge in [0.05, 0.1) is 30.5 Å². The van der Waals surface area contributed by atoms with Gasteiger partial charge in [-0.2, -0.15) is 0 Å². The summed E-state index contributed by atoms with van der Waals surface area (Å²) in [5.41, 5.74) is 0. The molecular formula is C28H55BN3O9P3. The van der Waals surface area contributed by atoms with E-state index in [1.165, 1.54) is 17.5 Å². The summed E-state index contributed by atoms with van der Waals surface area (Å²) >= 11 is 0. The van der Waals surface area contributed by atoms with Crippen LogP contribution >= 0.6 is 22.0 Å². The van der Waals surface area contributed by atoms with E-state index in [4.69, 9.17) is 51.4 Å². The first-order valence-corrected chi connectivity index (χ1v) is 20.4. The van der Waals surface area contributed by atoms with Gasteiger partial charge in [-0.1, -0.05) is 6.08 Å². The van der Waals surface area contributed by atoms with Crippen LogP contribution in [0.1, 0.15) is 26.7 Å². The minimum Gasteiger partial charge on any atom is -0.379 e. The van der Waals surface area contributed by atoms with E-state index in [0.717, 1.165) is 45.6 Å². The molecule has 0 aromatic heterocycles. The summed E-state index contributed by atoms with van der Waals surface area (Å²) in [6, 6.07) is -0.292. The standard InChI is InChI=1S/C10H20NO3P.C9H17BNO3P.C9H18NO3P/c1-9-8-11(2)6-4-10(14-9)5-7-15(3,12)13;1-11-5-3-9(10)14-8(7-11)4-6-15(2,12)13;1-8-6-10(2)7-9(13-8)4-5-14(3,11)12/h5,7,9-10,12-13H,3-4,6,8H2,1-2H3;4,6,8-9,12-13H,2-3,5,7H2,1H3;4-5,8-9,11-12H,3,6-7H2,1-2H3/b7-5+;6-4+;5-4+. The molecule has 0 spiro atoms. The molecule has 3 heterocycles. The lowest BCUT2D eigenvalue weighted by atomic mass is 9.97. The number of likely N-dealkylation sites (N-methyl/N-ethyl adjacent to an activating group) is 3. The molecule has 0 aliphatic carbocycles. The molecule has 3 saturated heterocycles. The highest BCUT2D eigenvalue weighted by atomic mass is 31.2. The number of ether oxygens (including phenoxy) is 3. The molecule has 16 heteroatoms. The molecule has 0 aromatic carbocycles. The van der Waals surface area contributed by atoms with Gasteiger partial charge in [-0.25, -0.2) is 0 Å². The van der Waals surface area contributed by atoms with Gasteiger partial charge >= 0.3 is 0 Å². The number of hydrogen-bond donors (Lipinski definition) is 6. The maximum absolute atomic E-state index is 9.14. The average molecular weight is 681 g/mol. The average Bonchev–Trinajstić information content (AvgIpc) is 3.12. The van der Waals surface area contributed by atoms with Crippen molar-refractivity contribution in [1.82, 2.24) is 14.7 Å². The van der Waals surface area contributed by atoms with Gasteiger partial charge in [-0.15, -0.1) is 0 Å². The summed E-state index contributed by atoms with van der Waals surface area (Å²) in [6.45, 7) is 9.16. The molecule has 6 unspecified atom stereocenters. The van der Waals surface area contributed by atoms with Crippen molar-refractivity contribution >= 4 is 48.8 Å². The maximum Gasteiger partial charge on any atom is 0.134 e. The third-order valence-electron chi connectivity index (χ3n) is 6.49. The molecule has 3 rings (SSSR count). The fraction of sp³-hybridized carbons (Fsp3) is 0.679. The van der Waals surface area contributed by atoms with Crippen LogP contribution in [0.5, 0.6) is 0 Å². The van der Waals surface area contributed by atoms with Crippen molar-refractivity contribution in [2.75, 3.05) is 60.4 Å². The Balaban J connectivity index is 0.000000330. The van der Waals surface area contributed by atoms with Crippen molar-refractivity contribution in [2.45, 2.75) is 63.2 Å². The lowest BCUT2D eigenvalue weighted by molar-refractivity contribution is -0.0467. The van der Waals surface area contributed by atoms with Gasteiger partial charge in [-0.3, -0.25) is 0 Å². The monoisotopic (exact) mass is 681 g/mol. The molecule has 3 aliphatic rings. The predicted molar refractivity (Wildman–Crippen MR) is 188 cm³/mol. The van der Waals surface area contributed by atoms with Gasteiger partial charge in [0, 0.05) is 38.7 Å². The van der Waals surface area contributed by atoms with E-state index in [0.29, 0.717) is 6.54 Å². The van der Waals surface area contributed by atoms with E-state index in [1.807, 2.05) is 27.9 Å². The van der Waals surface area contributed by atoms with Gasteiger partial charge in [-0.05, 0) is 103 Å². The van der Waals surface area contributed by atoms with Crippen LogP contribution in [0.4, 0.5) is 0 Å². The number of rotatable bonds is 6. The van der Waals surface area contributed by atoms with Gasteiger partial charge in [0.2, 0.25) is 0 Å². The number of nitrogens with zero attached hydrogens (tertiary/aromatic N) is 3. The zero-order chi connectivity index (χ0) is 33.7. The second-order valence-electron chi connectivity index (χ2n) is 11.9. The van der Waals surface area contributed by atoms with Crippen LogP contribution in [0, 0.1) is 0 Å². The number of hydrogen-bond acceptors (Lipinski definition) is 12. The molecule has 44 heavy (non-hydrogen) atoms. The Morgan fingerprint density at radius 2 is 0.955 bits per heavy atom. The van der Waals surface area contributed by atoms with E-state index >= 15 is 0 Å². The zero-order valence-corrected chi connectivity index (χ0v) is 29.6. The fourth-order valence-electron chi connectivity index (χ4n) is 4.63. The van der Waals surface area contributed by atoms with Crippen molar-refractivity contribution in [2.24, 2.45) is 0 Å². The highest BCUT2D eigenvalue weighted by Crippen LogP contribution is 2.37. The fourth-order valence-corrected chi connectivity index (χ4v) is 6.03. The molecule has 2 radical (unpaired) electrons. The Hall–Kier alpha value is -0.295. The molecule has 3 fully saturated rings. The van der Waals surface area contributed by atoms with E-state index in [9.17, 15) is 0 Å². The van der Waals surface area contributed by atoms with Crippen molar-refractivity contribution in [3.05, 3.63) is 35.7 Å². The Labute approximate surface area is 266 Å². The highest BCUT2D eigenvalue weighted by molar-refractivity contribution is 7.66. The summed E-state index contributed by atoms with van der Waals surface area (Å²) in [5.74, 6) is 4.03. The first kappa shape index (κ1) is 41.7. The smallest absolute Gasteiger partial charge is 0.134 e. The number of morpholine rings is 1. The van der Waals surface area contributed by atoms with Crippen LogP contribution in [-0.2, 0) is 14.2 Å². The molecule has 3 aliphatic heterocycles. The van der Waals surface area contributed by atoms with E-state index in [-0.39, 0.29) is 36.5 Å². The van der Waals surface area contributed by atoms with Crippen LogP contribution < -0.4 is 0 Å². The first-order chi connectivity index (χ1) is 20.1. The van der Waals surface area contributed by atoms with Crippen LogP contribution in [0.25, 0.3) is 0 Å². The minimum absolute atomic E-state index is 0.0367. The Bertz CT molecular complexity index is 1060. The molecule has 254 valence electrons. The SMILES string of the molecule is C=P(O)(O)/C=C/C1CCN(C)CC(C)O1.C=P(O)(O)/C=C/C1CN(C)CC(C)O1.[B]C1CCN(C)CC(/C=C/P(=C)(O)O)O1. The summed E-state index contributed by atoms with van der Waals surface area (Å²) in [7, 11) is 2.56. The summed E-state index contributed by atoms with van der Waals surface area (Å²) in [6.07, 6.45) is 16.5. The Morgan fingerprint density at radius 1 is 0.591 bits per heavy atom. The van der Waals surface area contributed by atoms with E-state index in [1.54, 1.807) is 18.2 Å². The van der Waals surface area contributed by atoms with Crippen molar-refractivity contribution in [1.29, 1.82) is 0 Å². The summed E-state index contributed by atoms with van der Waals surface area (Å²) < 4.78 is 16.8. The Morgan fingerprint density at radius 3 is 1.43 bits per heavy atom. The quantitative estimate of drug-likeness (QED) is 0.177. The van der Waals surface area contributed by atoms with Crippen LogP contribution in [0.2, 0.25) is 0 Å². The van der Waals surface area contributed by atoms with Crippen LogP contribution in [0.3, 0.4) is 0 Å². The predicted octanol–water partition coefficient (Wildman–Crippen LogP) is 1.34. The molecule has 0 aromatic rings. The van der Waals surface area contributed by atoms with Gasteiger partial charge < -0.3 is 58.3 Å². The van der Waals surface area contributed by atoms with Gasteiger partial charge in [0.1, 0.15) is 29.9 Å². The molecule has 0 amide bonds. The summed E-state index contributed by atoms with van der Waals surface area (Å²) in [4.78, 5) is 61.1. The lowest BCUT2D eigenvalue weighted by Gasteiger charge is -2.33. The van der Waals surface area contributed by atoms with Crippen LogP contribution in [0.15, 0.2) is 35.7 Å². The normalized spacial score (nSPS) is 30.8. The molecular weight excluding hydrogens is 626 g/mol. The molecule has 6 atom stereocenters. The largest absolute Gasteiger partial charge is 0.379 e. The van der Waals surface area contributed by atoms with E-state index in [2.05, 4.69) is 40.6 Å². The Kier molecular flexibility index (Phi) is 18.5. The molecule has 0 saturated carbocycles. The van der Waals surface area contributed by atoms with E-state index < -0.39 is 22.0 Å². The molecule has 0 bridgehead atoms. The van der Waals surface area contributed by atoms with Crippen LogP contribution in [-0.4, -0.2) is 168 Å². The first-order valence-electron chi connectivity index (χ1n) is 14.5. The topological polar surface area (TPSA) is 159 Å². The molecule has 12 nitrogen and oxygen atoms in total. The van der Waals surface area contributed by atoms with Crippen molar-refractivity contribution in [3.63, 3.8) is 0 Å². The maximum atomic E-state index is 9.14. The highest BCUT2D eigenvalue weighted by Gasteiger charge is 2.21.